The van der Waals surface area contributed by atoms with E-state index in [2.05, 4.69) is 21.2 Å². The third-order valence-corrected chi connectivity index (χ3v) is 3.84. The summed E-state index contributed by atoms with van der Waals surface area (Å²) in [7, 11) is 0. The van der Waals surface area contributed by atoms with Gasteiger partial charge in [0.05, 0.1) is 5.69 Å². The molecule has 5 heteroatoms. The van der Waals surface area contributed by atoms with Gasteiger partial charge < -0.3 is 5.32 Å². The average Bonchev–Trinajstić information content (AvgIpc) is 2.41. The Kier molecular flexibility index (Phi) is 4.96. The molecule has 2 rings (SSSR count). The molecule has 1 aliphatic rings. The van der Waals surface area contributed by atoms with E-state index >= 15 is 0 Å². The quantitative estimate of drug-likeness (QED) is 0.865. The van der Waals surface area contributed by atoms with Crippen molar-refractivity contribution >= 4 is 34.1 Å². The second-order valence-electron chi connectivity index (χ2n) is 4.74. The molecule has 3 amide bonds. The van der Waals surface area contributed by atoms with Gasteiger partial charge in [0.2, 0.25) is 6.41 Å². The molecule has 0 atom stereocenters. The van der Waals surface area contributed by atoms with Crippen molar-refractivity contribution in [3.8, 4) is 0 Å². The van der Waals surface area contributed by atoms with Gasteiger partial charge in [0.1, 0.15) is 0 Å². The summed E-state index contributed by atoms with van der Waals surface area (Å²) in [5, 5.41) is 2.93. The Morgan fingerprint density at radius 1 is 1.32 bits per heavy atom. The van der Waals surface area contributed by atoms with Crippen molar-refractivity contribution in [2.45, 2.75) is 38.1 Å². The Bertz CT molecular complexity index is 459. The smallest absolute Gasteiger partial charge is 0.328 e. The molecule has 1 aromatic carbocycles. The molecule has 102 valence electrons. The Hall–Kier alpha value is -1.36. The monoisotopic (exact) mass is 324 g/mol. The number of rotatable bonds is 3. The van der Waals surface area contributed by atoms with Crippen LogP contribution in [0.3, 0.4) is 0 Å². The van der Waals surface area contributed by atoms with Crippen LogP contribution in [-0.2, 0) is 4.79 Å². The molecule has 0 aromatic heterocycles. The largest absolute Gasteiger partial charge is 0.335 e. The van der Waals surface area contributed by atoms with Crippen molar-refractivity contribution in [3.63, 3.8) is 0 Å². The van der Waals surface area contributed by atoms with Crippen molar-refractivity contribution in [2.75, 3.05) is 4.90 Å². The van der Waals surface area contributed by atoms with E-state index < -0.39 is 0 Å². The number of carbonyl (C=O) groups is 2. The Balaban J connectivity index is 2.04. The number of amides is 3. The minimum Gasteiger partial charge on any atom is -0.335 e. The minimum absolute atomic E-state index is 0.191. The molecule has 0 aliphatic heterocycles. The molecule has 1 N–H and O–H groups in total. The van der Waals surface area contributed by atoms with Gasteiger partial charge in [0.25, 0.3) is 0 Å². The van der Waals surface area contributed by atoms with Crippen molar-refractivity contribution in [3.05, 3.63) is 28.7 Å². The first-order valence-electron chi connectivity index (χ1n) is 6.51. The van der Waals surface area contributed by atoms with Crippen molar-refractivity contribution < 1.29 is 9.59 Å². The van der Waals surface area contributed by atoms with Crippen LogP contribution >= 0.6 is 15.9 Å². The van der Waals surface area contributed by atoms with Gasteiger partial charge in [-0.25, -0.2) is 9.69 Å². The number of hydrogen-bond donors (Lipinski definition) is 1. The lowest BCUT2D eigenvalue weighted by molar-refractivity contribution is -0.106. The second kappa shape index (κ2) is 6.70. The zero-order valence-electron chi connectivity index (χ0n) is 10.6. The molecular formula is C14H17BrN2O2. The molecular weight excluding hydrogens is 308 g/mol. The highest BCUT2D eigenvalue weighted by Gasteiger charge is 2.20. The molecule has 0 heterocycles. The first kappa shape index (κ1) is 14.1. The highest BCUT2D eigenvalue weighted by atomic mass is 79.9. The molecule has 0 radical (unpaired) electrons. The summed E-state index contributed by atoms with van der Waals surface area (Å²) < 4.78 is 0.835. The number of anilines is 1. The topological polar surface area (TPSA) is 49.4 Å². The van der Waals surface area contributed by atoms with E-state index in [1.54, 1.807) is 18.2 Å². The molecule has 0 bridgehead atoms. The number of urea groups is 1. The van der Waals surface area contributed by atoms with Gasteiger partial charge in [-0.3, -0.25) is 4.79 Å². The zero-order valence-corrected chi connectivity index (χ0v) is 12.2. The fourth-order valence-electron chi connectivity index (χ4n) is 2.34. The third-order valence-electron chi connectivity index (χ3n) is 3.34. The molecule has 1 saturated carbocycles. The molecule has 0 spiro atoms. The summed E-state index contributed by atoms with van der Waals surface area (Å²) in [6, 6.07) is 6.97. The van der Waals surface area contributed by atoms with E-state index in [0.29, 0.717) is 12.1 Å². The number of imide groups is 1. The van der Waals surface area contributed by atoms with Gasteiger partial charge in [0.15, 0.2) is 0 Å². The van der Waals surface area contributed by atoms with Gasteiger partial charge in [-0.05, 0) is 31.0 Å². The Morgan fingerprint density at radius 3 is 2.68 bits per heavy atom. The van der Waals surface area contributed by atoms with Gasteiger partial charge in [-0.2, -0.15) is 0 Å². The first-order valence-corrected chi connectivity index (χ1v) is 7.30. The van der Waals surface area contributed by atoms with Crippen molar-refractivity contribution in [1.29, 1.82) is 0 Å². The Morgan fingerprint density at radius 2 is 2.05 bits per heavy atom. The minimum atomic E-state index is -0.347. The number of halogens is 1. The highest BCUT2D eigenvalue weighted by molar-refractivity contribution is 9.10. The predicted octanol–water partition coefficient (Wildman–Crippen LogP) is 3.45. The highest BCUT2D eigenvalue weighted by Crippen LogP contribution is 2.21. The summed E-state index contributed by atoms with van der Waals surface area (Å²) in [5.41, 5.74) is 0.567. The number of nitrogens with one attached hydrogen (secondary N) is 1. The average molecular weight is 325 g/mol. The fraction of sp³-hybridized carbons (Fsp3) is 0.429. The van der Waals surface area contributed by atoms with Crippen LogP contribution in [0.4, 0.5) is 10.5 Å². The van der Waals surface area contributed by atoms with Crippen molar-refractivity contribution in [2.24, 2.45) is 0 Å². The predicted molar refractivity (Wildman–Crippen MR) is 78.1 cm³/mol. The van der Waals surface area contributed by atoms with Crippen LogP contribution in [-0.4, -0.2) is 18.5 Å². The molecule has 0 unspecified atom stereocenters. The summed E-state index contributed by atoms with van der Waals surface area (Å²) in [4.78, 5) is 24.4. The van der Waals surface area contributed by atoms with Gasteiger partial charge in [-0.15, -0.1) is 0 Å². The first-order chi connectivity index (χ1) is 9.20. The number of carbonyl (C=O) groups excluding carboxylic acids is 2. The van der Waals surface area contributed by atoms with E-state index in [0.717, 1.165) is 35.1 Å². The zero-order chi connectivity index (χ0) is 13.7. The van der Waals surface area contributed by atoms with E-state index in [4.69, 9.17) is 0 Å². The van der Waals surface area contributed by atoms with Crippen LogP contribution in [0.2, 0.25) is 0 Å². The molecule has 1 fully saturated rings. The SMILES string of the molecule is O=CN(C(=O)NC1CCCCC1)c1cccc(Br)c1. The van der Waals surface area contributed by atoms with E-state index in [9.17, 15) is 9.59 Å². The third kappa shape index (κ3) is 3.80. The number of benzene rings is 1. The standard InChI is InChI=1S/C14H17BrN2O2/c15-11-5-4-8-13(9-11)17(10-18)14(19)16-12-6-2-1-3-7-12/h4-5,8-10,12H,1-3,6-7H2,(H,16,19). The van der Waals surface area contributed by atoms with Crippen LogP contribution in [0.5, 0.6) is 0 Å². The van der Waals surface area contributed by atoms with Crippen molar-refractivity contribution in [1.82, 2.24) is 5.32 Å². The van der Waals surface area contributed by atoms with Crippen LogP contribution in [0.1, 0.15) is 32.1 Å². The van der Waals surface area contributed by atoms with Gasteiger partial charge in [0, 0.05) is 10.5 Å². The molecule has 4 nitrogen and oxygen atoms in total. The molecule has 0 saturated heterocycles. The maximum absolute atomic E-state index is 12.1. The number of nitrogens with zero attached hydrogens (tertiary/aromatic N) is 1. The van der Waals surface area contributed by atoms with E-state index in [-0.39, 0.29) is 12.1 Å². The number of hydrogen-bond acceptors (Lipinski definition) is 2. The van der Waals surface area contributed by atoms with E-state index in [1.165, 1.54) is 6.42 Å². The van der Waals surface area contributed by atoms with E-state index in [1.807, 2.05) is 6.07 Å². The lowest BCUT2D eigenvalue weighted by atomic mass is 9.96. The summed E-state index contributed by atoms with van der Waals surface area (Å²) in [6.45, 7) is 0. The summed E-state index contributed by atoms with van der Waals surface area (Å²) in [5.74, 6) is 0. The van der Waals surface area contributed by atoms with Crippen LogP contribution in [0.15, 0.2) is 28.7 Å². The Labute approximate surface area is 121 Å². The molecule has 1 aliphatic carbocycles. The molecule has 19 heavy (non-hydrogen) atoms. The lowest BCUT2D eigenvalue weighted by Gasteiger charge is -2.25. The second-order valence-corrected chi connectivity index (χ2v) is 5.66. The van der Waals surface area contributed by atoms with Gasteiger partial charge >= 0.3 is 6.03 Å². The maximum Gasteiger partial charge on any atom is 0.328 e. The normalized spacial score (nSPS) is 15.8. The van der Waals surface area contributed by atoms with Crippen LogP contribution < -0.4 is 10.2 Å². The summed E-state index contributed by atoms with van der Waals surface area (Å²) >= 11 is 3.33. The summed E-state index contributed by atoms with van der Waals surface area (Å²) in [6.07, 6.45) is 6.06. The fourth-order valence-corrected chi connectivity index (χ4v) is 2.73. The lowest BCUT2D eigenvalue weighted by Crippen LogP contribution is -2.45. The van der Waals surface area contributed by atoms with Gasteiger partial charge in [-0.1, -0.05) is 41.3 Å². The maximum atomic E-state index is 12.1. The van der Waals surface area contributed by atoms with Crippen LogP contribution in [0, 0.1) is 0 Å². The van der Waals surface area contributed by atoms with Crippen LogP contribution in [0.25, 0.3) is 0 Å². The molecule has 1 aromatic rings.